The second kappa shape index (κ2) is 6.36. The van der Waals surface area contributed by atoms with Gasteiger partial charge in [-0.3, -0.25) is 14.8 Å². The van der Waals surface area contributed by atoms with Crippen molar-refractivity contribution in [2.75, 3.05) is 6.61 Å². The third-order valence-electron chi connectivity index (χ3n) is 2.47. The van der Waals surface area contributed by atoms with E-state index in [0.717, 1.165) is 0 Å². The van der Waals surface area contributed by atoms with Crippen LogP contribution in [0.25, 0.3) is 0 Å². The standard InChI is InChI=1S/C12H12ClN3O4/c13-9-5-14-15(6-9)7-11(17)8-20-12-3-1-2-10(4-12)16(18)19/h1-6,11,17H,7-8H2/t11-/m1/s1. The maximum Gasteiger partial charge on any atom is 0.273 e. The highest BCUT2D eigenvalue weighted by molar-refractivity contribution is 6.30. The quantitative estimate of drug-likeness (QED) is 0.649. The van der Waals surface area contributed by atoms with Gasteiger partial charge in [-0.2, -0.15) is 5.10 Å². The lowest BCUT2D eigenvalue weighted by atomic mass is 10.3. The van der Waals surface area contributed by atoms with Gasteiger partial charge in [0.2, 0.25) is 0 Å². The molecule has 1 aromatic carbocycles. The Balaban J connectivity index is 1.88. The number of nitro benzene ring substituents is 1. The first-order chi connectivity index (χ1) is 9.54. The third kappa shape index (κ3) is 3.94. The number of benzene rings is 1. The van der Waals surface area contributed by atoms with E-state index in [1.807, 2.05) is 0 Å². The van der Waals surface area contributed by atoms with E-state index in [2.05, 4.69) is 5.10 Å². The summed E-state index contributed by atoms with van der Waals surface area (Å²) in [6.45, 7) is 0.223. The lowest BCUT2D eigenvalue weighted by molar-refractivity contribution is -0.384. The molecular formula is C12H12ClN3O4. The highest BCUT2D eigenvalue weighted by Gasteiger charge is 2.10. The smallest absolute Gasteiger partial charge is 0.273 e. The van der Waals surface area contributed by atoms with Crippen molar-refractivity contribution in [3.05, 3.63) is 51.8 Å². The van der Waals surface area contributed by atoms with Crippen molar-refractivity contribution in [2.45, 2.75) is 12.6 Å². The van der Waals surface area contributed by atoms with Gasteiger partial charge >= 0.3 is 0 Å². The number of aromatic nitrogens is 2. The zero-order chi connectivity index (χ0) is 14.5. The fourth-order valence-corrected chi connectivity index (χ4v) is 1.74. The molecule has 0 aliphatic heterocycles. The summed E-state index contributed by atoms with van der Waals surface area (Å²) >= 11 is 5.70. The fourth-order valence-electron chi connectivity index (χ4n) is 1.59. The molecule has 0 amide bonds. The van der Waals surface area contributed by atoms with Gasteiger partial charge in [-0.05, 0) is 6.07 Å². The Labute approximate surface area is 119 Å². The van der Waals surface area contributed by atoms with Crippen molar-refractivity contribution >= 4 is 17.3 Å². The van der Waals surface area contributed by atoms with Crippen molar-refractivity contribution in [2.24, 2.45) is 0 Å². The maximum absolute atomic E-state index is 10.6. The molecule has 0 saturated heterocycles. The molecule has 8 heteroatoms. The van der Waals surface area contributed by atoms with Crippen molar-refractivity contribution in [3.63, 3.8) is 0 Å². The number of hydrogen-bond donors (Lipinski definition) is 1. The summed E-state index contributed by atoms with van der Waals surface area (Å²) < 4.78 is 6.80. The van der Waals surface area contributed by atoms with Crippen LogP contribution in [0.3, 0.4) is 0 Å². The van der Waals surface area contributed by atoms with Crippen molar-refractivity contribution in [1.82, 2.24) is 9.78 Å². The van der Waals surface area contributed by atoms with Gasteiger partial charge in [-0.15, -0.1) is 0 Å². The molecule has 0 fully saturated rings. The Morgan fingerprint density at radius 3 is 3.00 bits per heavy atom. The molecule has 7 nitrogen and oxygen atoms in total. The van der Waals surface area contributed by atoms with Crippen LogP contribution in [-0.2, 0) is 6.54 Å². The molecule has 0 unspecified atom stereocenters. The minimum Gasteiger partial charge on any atom is -0.491 e. The predicted molar refractivity (Wildman–Crippen MR) is 71.8 cm³/mol. The molecule has 106 valence electrons. The van der Waals surface area contributed by atoms with Gasteiger partial charge in [0.25, 0.3) is 5.69 Å². The zero-order valence-corrected chi connectivity index (χ0v) is 11.1. The Morgan fingerprint density at radius 1 is 1.55 bits per heavy atom. The number of aliphatic hydroxyl groups excluding tert-OH is 1. The van der Waals surface area contributed by atoms with E-state index in [9.17, 15) is 15.2 Å². The topological polar surface area (TPSA) is 90.4 Å². The molecule has 1 heterocycles. The van der Waals surface area contributed by atoms with Crippen LogP contribution in [0.4, 0.5) is 5.69 Å². The molecule has 1 atom stereocenters. The number of ether oxygens (including phenoxy) is 1. The minimum atomic E-state index is -0.801. The van der Waals surface area contributed by atoms with Gasteiger partial charge in [-0.25, -0.2) is 0 Å². The Morgan fingerprint density at radius 2 is 2.35 bits per heavy atom. The van der Waals surface area contributed by atoms with Crippen LogP contribution >= 0.6 is 11.6 Å². The summed E-state index contributed by atoms with van der Waals surface area (Å²) in [5.74, 6) is 0.330. The Bertz CT molecular complexity index is 602. The number of halogens is 1. The molecule has 0 radical (unpaired) electrons. The largest absolute Gasteiger partial charge is 0.491 e. The van der Waals surface area contributed by atoms with Crippen LogP contribution in [0.2, 0.25) is 5.02 Å². The average molecular weight is 298 g/mol. The van der Waals surface area contributed by atoms with Crippen molar-refractivity contribution in [3.8, 4) is 5.75 Å². The molecular weight excluding hydrogens is 286 g/mol. The number of nitro groups is 1. The van der Waals surface area contributed by atoms with Gasteiger partial charge in [0.1, 0.15) is 18.5 Å². The molecule has 1 N–H and O–H groups in total. The van der Waals surface area contributed by atoms with Gasteiger partial charge in [0.15, 0.2) is 0 Å². The summed E-state index contributed by atoms with van der Waals surface area (Å²) in [5, 5.41) is 24.8. The summed E-state index contributed by atoms with van der Waals surface area (Å²) in [6.07, 6.45) is 2.25. The number of nitrogens with zero attached hydrogens (tertiary/aromatic N) is 3. The van der Waals surface area contributed by atoms with E-state index in [1.165, 1.54) is 29.1 Å². The third-order valence-corrected chi connectivity index (χ3v) is 2.67. The summed E-state index contributed by atoms with van der Waals surface area (Å²) in [6, 6.07) is 5.78. The highest BCUT2D eigenvalue weighted by Crippen LogP contribution is 2.19. The van der Waals surface area contributed by atoms with E-state index in [1.54, 1.807) is 12.3 Å². The van der Waals surface area contributed by atoms with Gasteiger partial charge in [-0.1, -0.05) is 17.7 Å². The monoisotopic (exact) mass is 297 g/mol. The van der Waals surface area contributed by atoms with Crippen LogP contribution in [0.1, 0.15) is 0 Å². The van der Waals surface area contributed by atoms with Crippen LogP contribution in [0.5, 0.6) is 5.75 Å². The Kier molecular flexibility index (Phi) is 4.54. The minimum absolute atomic E-state index is 0.00134. The van der Waals surface area contributed by atoms with Crippen LogP contribution in [0, 0.1) is 10.1 Å². The second-order valence-electron chi connectivity index (χ2n) is 4.10. The number of non-ortho nitro benzene ring substituents is 1. The molecule has 0 aliphatic rings. The van der Waals surface area contributed by atoms with Gasteiger partial charge < -0.3 is 9.84 Å². The first-order valence-electron chi connectivity index (χ1n) is 5.78. The van der Waals surface area contributed by atoms with E-state index in [4.69, 9.17) is 16.3 Å². The molecule has 20 heavy (non-hydrogen) atoms. The fraction of sp³-hybridized carbons (Fsp3) is 0.250. The van der Waals surface area contributed by atoms with Crippen molar-refractivity contribution in [1.29, 1.82) is 0 Å². The summed E-state index contributed by atoms with van der Waals surface area (Å²) in [4.78, 5) is 10.1. The molecule has 2 rings (SSSR count). The first kappa shape index (κ1) is 14.3. The van der Waals surface area contributed by atoms with E-state index in [0.29, 0.717) is 10.8 Å². The molecule has 0 spiro atoms. The van der Waals surface area contributed by atoms with E-state index >= 15 is 0 Å². The van der Waals surface area contributed by atoms with Crippen LogP contribution < -0.4 is 4.74 Å². The zero-order valence-electron chi connectivity index (χ0n) is 10.3. The van der Waals surface area contributed by atoms with Crippen LogP contribution in [-0.4, -0.2) is 32.5 Å². The highest BCUT2D eigenvalue weighted by atomic mass is 35.5. The van der Waals surface area contributed by atoms with Gasteiger partial charge in [0.05, 0.1) is 28.8 Å². The molecule has 2 aromatic rings. The predicted octanol–water partition coefficient (Wildman–Crippen LogP) is 1.88. The van der Waals surface area contributed by atoms with E-state index < -0.39 is 11.0 Å². The first-order valence-corrected chi connectivity index (χ1v) is 6.15. The number of rotatable bonds is 6. The van der Waals surface area contributed by atoms with Gasteiger partial charge in [0, 0.05) is 12.3 Å². The molecule has 0 bridgehead atoms. The average Bonchev–Trinajstić information content (AvgIpc) is 2.82. The molecule has 0 aliphatic carbocycles. The molecule has 0 saturated carbocycles. The Hall–Kier alpha value is -2.12. The lowest BCUT2D eigenvalue weighted by Gasteiger charge is -2.12. The second-order valence-corrected chi connectivity index (χ2v) is 4.54. The normalized spacial score (nSPS) is 12.1. The van der Waals surface area contributed by atoms with E-state index in [-0.39, 0.29) is 18.8 Å². The number of aliphatic hydroxyl groups is 1. The SMILES string of the molecule is O=[N+]([O-])c1cccc(OC[C@H](O)Cn2cc(Cl)cn2)c1. The van der Waals surface area contributed by atoms with Crippen molar-refractivity contribution < 1.29 is 14.8 Å². The van der Waals surface area contributed by atoms with Crippen LogP contribution in [0.15, 0.2) is 36.7 Å². The summed E-state index contributed by atoms with van der Waals surface area (Å²) in [5.41, 5.74) is -0.0594. The number of hydrogen-bond acceptors (Lipinski definition) is 5. The summed E-state index contributed by atoms with van der Waals surface area (Å²) in [7, 11) is 0. The molecule has 1 aromatic heterocycles. The maximum atomic E-state index is 10.6. The lowest BCUT2D eigenvalue weighted by Crippen LogP contribution is -2.23.